The van der Waals surface area contributed by atoms with Crippen LogP contribution in [0.2, 0.25) is 10.0 Å². The van der Waals surface area contributed by atoms with E-state index in [2.05, 4.69) is 15.2 Å². The van der Waals surface area contributed by atoms with Gasteiger partial charge in [0.05, 0.1) is 33.3 Å². The number of nitrogens with zero attached hydrogens (tertiary/aromatic N) is 4. The molecule has 1 aromatic carbocycles. The average molecular weight is 294 g/mol. The summed E-state index contributed by atoms with van der Waals surface area (Å²) in [4.78, 5) is 4.26. The largest absolute Gasteiger partial charge is 0.369 e. The third-order valence-electron chi connectivity index (χ3n) is 2.77. The summed E-state index contributed by atoms with van der Waals surface area (Å²) in [6.45, 7) is 0.480. The average Bonchev–Trinajstić information content (AvgIpc) is 2.68. The molecule has 2 aromatic heterocycles. The molecule has 0 saturated heterocycles. The molecule has 3 rings (SSSR count). The fourth-order valence-electron chi connectivity index (χ4n) is 1.88. The molecule has 5 nitrogen and oxygen atoms in total. The third kappa shape index (κ3) is 2.22. The Morgan fingerprint density at radius 2 is 2.00 bits per heavy atom. The lowest BCUT2D eigenvalue weighted by atomic mass is 10.3. The molecule has 0 aliphatic carbocycles. The van der Waals surface area contributed by atoms with Crippen molar-refractivity contribution in [2.75, 3.05) is 5.73 Å². The van der Waals surface area contributed by atoms with E-state index in [1.165, 1.54) is 0 Å². The topological polar surface area (TPSA) is 69.6 Å². The summed E-state index contributed by atoms with van der Waals surface area (Å²) >= 11 is 12.0. The van der Waals surface area contributed by atoms with Gasteiger partial charge in [-0.15, -0.1) is 0 Å². The molecule has 0 unspecified atom stereocenters. The predicted octanol–water partition coefficient (Wildman–Crippen LogP) is 2.76. The van der Waals surface area contributed by atoms with Crippen molar-refractivity contribution in [3.05, 3.63) is 46.2 Å². The summed E-state index contributed by atoms with van der Waals surface area (Å²) in [5.74, 6) is 0.388. The van der Waals surface area contributed by atoms with Gasteiger partial charge >= 0.3 is 0 Å². The molecule has 0 bridgehead atoms. The Labute approximate surface area is 119 Å². The maximum atomic E-state index is 6.03. The van der Waals surface area contributed by atoms with Gasteiger partial charge in [0.2, 0.25) is 5.95 Å². The minimum absolute atomic E-state index is 0.388. The first kappa shape index (κ1) is 12.2. The molecule has 0 aliphatic heterocycles. The van der Waals surface area contributed by atoms with Crippen LogP contribution in [0.3, 0.4) is 0 Å². The summed E-state index contributed by atoms with van der Waals surface area (Å²) in [6, 6.07) is 7.14. The van der Waals surface area contributed by atoms with Gasteiger partial charge in [-0.3, -0.25) is 0 Å². The minimum Gasteiger partial charge on any atom is -0.369 e. The van der Waals surface area contributed by atoms with E-state index in [-0.39, 0.29) is 0 Å². The van der Waals surface area contributed by atoms with Gasteiger partial charge in [-0.05, 0) is 24.3 Å². The first-order valence-corrected chi connectivity index (χ1v) is 6.28. The maximum Gasteiger partial charge on any atom is 0.201 e. The number of benzene rings is 1. The fraction of sp³-hybridized carbons (Fsp3) is 0.0833. The van der Waals surface area contributed by atoms with Crippen LogP contribution in [-0.4, -0.2) is 19.7 Å². The number of imidazole rings is 1. The van der Waals surface area contributed by atoms with Crippen LogP contribution in [0.25, 0.3) is 11.0 Å². The Hall–Kier alpha value is -1.85. The Morgan fingerprint density at radius 1 is 1.21 bits per heavy atom. The lowest BCUT2D eigenvalue weighted by Crippen LogP contribution is -2.06. The molecule has 0 amide bonds. The second-order valence-corrected chi connectivity index (χ2v) is 4.84. The Kier molecular flexibility index (Phi) is 3.00. The van der Waals surface area contributed by atoms with Gasteiger partial charge in [0.1, 0.15) is 0 Å². The van der Waals surface area contributed by atoms with Crippen molar-refractivity contribution >= 4 is 40.2 Å². The number of nitrogen functional groups attached to an aromatic ring is 1. The highest BCUT2D eigenvalue weighted by molar-refractivity contribution is 6.42. The molecular weight excluding hydrogens is 285 g/mol. The summed E-state index contributed by atoms with van der Waals surface area (Å²) in [5, 5.41) is 8.79. The summed E-state index contributed by atoms with van der Waals surface area (Å²) in [7, 11) is 0. The Bertz CT molecular complexity index is 739. The van der Waals surface area contributed by atoms with Gasteiger partial charge in [-0.1, -0.05) is 23.2 Å². The number of rotatable bonds is 2. The van der Waals surface area contributed by atoms with Crippen LogP contribution < -0.4 is 5.73 Å². The summed E-state index contributed by atoms with van der Waals surface area (Å²) < 4.78 is 1.82. The van der Waals surface area contributed by atoms with E-state index in [0.717, 1.165) is 11.2 Å². The first-order valence-electron chi connectivity index (χ1n) is 5.52. The van der Waals surface area contributed by atoms with Crippen LogP contribution in [0.5, 0.6) is 0 Å². The fourth-order valence-corrected chi connectivity index (χ4v) is 2.20. The van der Waals surface area contributed by atoms with Gasteiger partial charge in [0.25, 0.3) is 0 Å². The SMILES string of the molecule is Nc1nc2cc(Cl)c(Cl)cc2n1Cc1cccnn1. The van der Waals surface area contributed by atoms with Crippen LogP contribution in [0.15, 0.2) is 30.5 Å². The molecule has 2 heterocycles. The van der Waals surface area contributed by atoms with Crippen LogP contribution in [-0.2, 0) is 6.54 Å². The highest BCUT2D eigenvalue weighted by atomic mass is 35.5. The van der Waals surface area contributed by atoms with Crippen LogP contribution in [0.4, 0.5) is 5.95 Å². The van der Waals surface area contributed by atoms with Gasteiger partial charge in [0, 0.05) is 6.20 Å². The Balaban J connectivity index is 2.13. The molecule has 0 spiro atoms. The van der Waals surface area contributed by atoms with E-state index in [4.69, 9.17) is 28.9 Å². The molecule has 96 valence electrons. The molecule has 3 aromatic rings. The minimum atomic E-state index is 0.388. The highest BCUT2D eigenvalue weighted by Crippen LogP contribution is 2.29. The quantitative estimate of drug-likeness (QED) is 0.789. The first-order chi connectivity index (χ1) is 9.15. The second kappa shape index (κ2) is 4.68. The summed E-state index contributed by atoms with van der Waals surface area (Å²) in [6.07, 6.45) is 1.62. The monoisotopic (exact) mass is 293 g/mol. The van der Waals surface area contributed by atoms with E-state index in [1.807, 2.05) is 16.7 Å². The normalized spacial score (nSPS) is 11.1. The van der Waals surface area contributed by atoms with Crippen molar-refractivity contribution in [1.29, 1.82) is 0 Å². The highest BCUT2D eigenvalue weighted by Gasteiger charge is 2.11. The summed E-state index contributed by atoms with van der Waals surface area (Å²) in [5.41, 5.74) is 8.23. The number of anilines is 1. The number of aromatic nitrogens is 4. The van der Waals surface area contributed by atoms with E-state index >= 15 is 0 Å². The second-order valence-electron chi connectivity index (χ2n) is 4.03. The lowest BCUT2D eigenvalue weighted by Gasteiger charge is -2.05. The van der Waals surface area contributed by atoms with Crippen molar-refractivity contribution in [2.45, 2.75) is 6.54 Å². The number of halogens is 2. The number of fused-ring (bicyclic) bond motifs is 1. The molecule has 2 N–H and O–H groups in total. The maximum absolute atomic E-state index is 6.03. The van der Waals surface area contributed by atoms with Crippen molar-refractivity contribution < 1.29 is 0 Å². The molecule has 0 atom stereocenters. The third-order valence-corrected chi connectivity index (χ3v) is 3.49. The number of nitrogens with two attached hydrogens (primary N) is 1. The van der Waals surface area contributed by atoms with E-state index in [9.17, 15) is 0 Å². The van der Waals surface area contributed by atoms with E-state index in [1.54, 1.807) is 18.3 Å². The smallest absolute Gasteiger partial charge is 0.201 e. The van der Waals surface area contributed by atoms with Crippen molar-refractivity contribution in [3.63, 3.8) is 0 Å². The zero-order chi connectivity index (χ0) is 13.4. The van der Waals surface area contributed by atoms with Crippen LogP contribution in [0, 0.1) is 0 Å². The van der Waals surface area contributed by atoms with Crippen molar-refractivity contribution in [2.24, 2.45) is 0 Å². The van der Waals surface area contributed by atoms with E-state index < -0.39 is 0 Å². The van der Waals surface area contributed by atoms with Gasteiger partial charge in [-0.25, -0.2) is 4.98 Å². The lowest BCUT2D eigenvalue weighted by molar-refractivity contribution is 0.782. The molecule has 0 saturated carbocycles. The zero-order valence-electron chi connectivity index (χ0n) is 9.72. The molecule has 0 fully saturated rings. The predicted molar refractivity (Wildman–Crippen MR) is 75.3 cm³/mol. The molecule has 7 heteroatoms. The molecule has 0 aliphatic rings. The van der Waals surface area contributed by atoms with Gasteiger partial charge < -0.3 is 10.3 Å². The number of hydrogen-bond acceptors (Lipinski definition) is 4. The number of hydrogen-bond donors (Lipinski definition) is 1. The standard InChI is InChI=1S/C12H9Cl2N5/c13-8-4-10-11(5-9(8)14)19(12(15)17-10)6-7-2-1-3-16-18-7/h1-5H,6H2,(H2,15,17). The van der Waals surface area contributed by atoms with Crippen molar-refractivity contribution in [1.82, 2.24) is 19.7 Å². The molecular formula is C12H9Cl2N5. The van der Waals surface area contributed by atoms with Crippen LogP contribution >= 0.6 is 23.2 Å². The zero-order valence-corrected chi connectivity index (χ0v) is 11.2. The molecule has 0 radical (unpaired) electrons. The van der Waals surface area contributed by atoms with Gasteiger partial charge in [-0.2, -0.15) is 10.2 Å². The van der Waals surface area contributed by atoms with Crippen LogP contribution in [0.1, 0.15) is 5.69 Å². The molecule has 19 heavy (non-hydrogen) atoms. The Morgan fingerprint density at radius 3 is 2.74 bits per heavy atom. The van der Waals surface area contributed by atoms with Gasteiger partial charge in [0.15, 0.2) is 0 Å². The van der Waals surface area contributed by atoms with E-state index in [0.29, 0.717) is 28.1 Å². The van der Waals surface area contributed by atoms with Crippen molar-refractivity contribution in [3.8, 4) is 0 Å².